The van der Waals surface area contributed by atoms with Crippen LogP contribution >= 0.6 is 7.92 Å². The van der Waals surface area contributed by atoms with Crippen molar-refractivity contribution in [2.24, 2.45) is 10.9 Å². The predicted molar refractivity (Wildman–Crippen MR) is 121 cm³/mol. The molecule has 0 bridgehead atoms. The molecule has 0 radical (unpaired) electrons. The molecule has 0 aliphatic carbocycles. The minimum Gasteiger partial charge on any atom is -0.477 e. The summed E-state index contributed by atoms with van der Waals surface area (Å²) < 4.78 is 5.99. The van der Waals surface area contributed by atoms with Gasteiger partial charge in [0.1, 0.15) is 12.6 Å². The van der Waals surface area contributed by atoms with Crippen LogP contribution in [0.4, 0.5) is 0 Å². The molecule has 29 heavy (non-hydrogen) atoms. The Morgan fingerprint density at radius 3 is 2.14 bits per heavy atom. The maximum atomic E-state index is 12.5. The monoisotopic (exact) mass is 408 g/mol. The van der Waals surface area contributed by atoms with Gasteiger partial charge >= 0.3 is 0 Å². The number of rotatable bonds is 5. The van der Waals surface area contributed by atoms with Crippen LogP contribution in [0.25, 0.3) is 0 Å². The van der Waals surface area contributed by atoms with Crippen molar-refractivity contribution >= 4 is 30.3 Å². The van der Waals surface area contributed by atoms with Crippen molar-refractivity contribution in [2.45, 2.75) is 44.9 Å². The topological polar surface area (TPSA) is 41.9 Å². The van der Waals surface area contributed by atoms with Gasteiger partial charge in [-0.05, 0) is 30.9 Å². The van der Waals surface area contributed by atoms with Crippen LogP contribution in [0.15, 0.2) is 65.7 Å². The number of carbonyl (C=O) groups is 1. The molecule has 1 fully saturated rings. The Morgan fingerprint density at radius 2 is 1.66 bits per heavy atom. The first-order chi connectivity index (χ1) is 14.0. The summed E-state index contributed by atoms with van der Waals surface area (Å²) in [6.07, 6.45) is 0.902. The van der Waals surface area contributed by atoms with E-state index >= 15 is 0 Å². The number of hydrogen-bond acceptors (Lipinski definition) is 3. The fraction of sp³-hybridized carbons (Fsp3) is 0.417. The van der Waals surface area contributed by atoms with Gasteiger partial charge in [0.15, 0.2) is 0 Å². The van der Waals surface area contributed by atoms with E-state index in [1.54, 1.807) is 6.92 Å². The first kappa shape index (κ1) is 20.1. The fourth-order valence-electron chi connectivity index (χ4n) is 4.26. The highest BCUT2D eigenvalue weighted by Gasteiger charge is 2.43. The Hall–Kier alpha value is -2.19. The predicted octanol–water partition coefficient (Wildman–Crippen LogP) is 3.56. The average molecular weight is 408 g/mol. The molecule has 0 saturated carbocycles. The molecular formula is C24H29N2O2P. The number of amides is 1. The Kier molecular flexibility index (Phi) is 6.01. The standard InChI is InChI=1S/C24H29N2O2P/c1-17(2)22-16-28-24(25-22)23-14-21(15-26(23)18(3)27)29(19-10-6-4-7-11-19)20-12-8-5-9-13-20/h4-13,17,21-23H,14-16H2,1-3H3/t21-,22+,23-/m0/s1. The summed E-state index contributed by atoms with van der Waals surface area (Å²) in [5.74, 6) is 1.31. The minimum absolute atomic E-state index is 0.0429. The van der Waals surface area contributed by atoms with Gasteiger partial charge in [0.05, 0.1) is 6.04 Å². The fourth-order valence-corrected chi connectivity index (χ4v) is 7.14. The maximum Gasteiger partial charge on any atom is 0.220 e. The molecular weight excluding hydrogens is 379 g/mol. The summed E-state index contributed by atoms with van der Waals surface area (Å²) >= 11 is 0. The molecule has 1 amide bonds. The second kappa shape index (κ2) is 8.67. The lowest BCUT2D eigenvalue weighted by atomic mass is 10.1. The van der Waals surface area contributed by atoms with Gasteiger partial charge in [-0.3, -0.25) is 4.79 Å². The highest BCUT2D eigenvalue weighted by atomic mass is 31.1. The molecule has 2 heterocycles. The molecule has 1 saturated heterocycles. The van der Waals surface area contributed by atoms with Crippen LogP contribution in [0.2, 0.25) is 0 Å². The van der Waals surface area contributed by atoms with E-state index in [2.05, 4.69) is 74.5 Å². The van der Waals surface area contributed by atoms with Crippen LogP contribution in [0.1, 0.15) is 27.2 Å². The summed E-state index contributed by atoms with van der Waals surface area (Å²) in [5.41, 5.74) is 0.383. The third kappa shape index (κ3) is 4.23. The molecule has 3 atom stereocenters. The molecule has 0 N–H and O–H groups in total. The number of carbonyl (C=O) groups excluding carboxylic acids is 1. The number of hydrogen-bond donors (Lipinski definition) is 0. The zero-order valence-corrected chi connectivity index (χ0v) is 18.3. The number of likely N-dealkylation sites (tertiary alicyclic amines) is 1. The van der Waals surface area contributed by atoms with E-state index in [0.29, 0.717) is 18.2 Å². The molecule has 2 aromatic rings. The van der Waals surface area contributed by atoms with E-state index in [4.69, 9.17) is 9.73 Å². The Labute approximate surface area is 174 Å². The van der Waals surface area contributed by atoms with E-state index in [0.717, 1.165) is 18.9 Å². The molecule has 152 valence electrons. The van der Waals surface area contributed by atoms with Gasteiger partial charge < -0.3 is 9.64 Å². The van der Waals surface area contributed by atoms with Gasteiger partial charge in [-0.2, -0.15) is 0 Å². The lowest BCUT2D eigenvalue weighted by Gasteiger charge is -2.25. The van der Waals surface area contributed by atoms with E-state index in [1.807, 2.05) is 4.90 Å². The maximum absolute atomic E-state index is 12.5. The molecule has 4 nitrogen and oxygen atoms in total. The Morgan fingerprint density at radius 1 is 1.07 bits per heavy atom. The quantitative estimate of drug-likeness (QED) is 0.710. The van der Waals surface area contributed by atoms with E-state index < -0.39 is 7.92 Å². The minimum atomic E-state index is -0.572. The summed E-state index contributed by atoms with van der Waals surface area (Å²) in [6, 6.07) is 21.6. The smallest absolute Gasteiger partial charge is 0.220 e. The molecule has 2 aliphatic heterocycles. The largest absolute Gasteiger partial charge is 0.477 e. The zero-order valence-electron chi connectivity index (χ0n) is 17.4. The van der Waals surface area contributed by atoms with Gasteiger partial charge in [-0.25, -0.2) is 4.99 Å². The molecule has 5 heteroatoms. The second-order valence-corrected chi connectivity index (χ2v) is 10.7. The van der Waals surface area contributed by atoms with Crippen LogP contribution in [0, 0.1) is 5.92 Å². The first-order valence-electron chi connectivity index (χ1n) is 10.4. The summed E-state index contributed by atoms with van der Waals surface area (Å²) in [4.78, 5) is 19.3. The first-order valence-corrected chi connectivity index (χ1v) is 11.8. The summed E-state index contributed by atoms with van der Waals surface area (Å²) in [7, 11) is -0.572. The van der Waals surface area contributed by atoms with Gasteiger partial charge in [0, 0.05) is 19.1 Å². The van der Waals surface area contributed by atoms with Crippen LogP contribution in [-0.4, -0.2) is 47.6 Å². The van der Waals surface area contributed by atoms with Gasteiger partial charge in [0.25, 0.3) is 0 Å². The molecule has 2 aromatic carbocycles. The van der Waals surface area contributed by atoms with Crippen LogP contribution < -0.4 is 10.6 Å². The number of nitrogens with zero attached hydrogens (tertiary/aromatic N) is 2. The number of ether oxygens (including phenoxy) is 1. The van der Waals surface area contributed by atoms with Crippen molar-refractivity contribution in [1.82, 2.24) is 4.90 Å². The van der Waals surface area contributed by atoms with E-state index in [-0.39, 0.29) is 18.0 Å². The average Bonchev–Trinajstić information content (AvgIpc) is 3.37. The second-order valence-electron chi connectivity index (χ2n) is 8.21. The molecule has 0 spiro atoms. The lowest BCUT2D eigenvalue weighted by molar-refractivity contribution is -0.128. The van der Waals surface area contributed by atoms with Crippen molar-refractivity contribution in [2.75, 3.05) is 13.2 Å². The van der Waals surface area contributed by atoms with Crippen molar-refractivity contribution in [3.8, 4) is 0 Å². The van der Waals surface area contributed by atoms with Crippen LogP contribution in [-0.2, 0) is 9.53 Å². The highest BCUT2D eigenvalue weighted by Crippen LogP contribution is 2.46. The zero-order chi connectivity index (χ0) is 20.4. The molecule has 4 rings (SSSR count). The van der Waals surface area contributed by atoms with Crippen molar-refractivity contribution in [3.05, 3.63) is 60.7 Å². The van der Waals surface area contributed by atoms with Crippen LogP contribution in [0.3, 0.4) is 0 Å². The van der Waals surface area contributed by atoms with Gasteiger partial charge in [-0.15, -0.1) is 0 Å². The molecule has 0 aromatic heterocycles. The highest BCUT2D eigenvalue weighted by molar-refractivity contribution is 7.73. The van der Waals surface area contributed by atoms with Crippen LogP contribution in [0.5, 0.6) is 0 Å². The summed E-state index contributed by atoms with van der Waals surface area (Å²) in [6.45, 7) is 7.39. The number of aliphatic imine (C=N–C) groups is 1. The van der Waals surface area contributed by atoms with Crippen molar-refractivity contribution in [1.29, 1.82) is 0 Å². The number of benzene rings is 2. The van der Waals surface area contributed by atoms with E-state index in [1.165, 1.54) is 10.6 Å². The normalized spacial score (nSPS) is 24.1. The van der Waals surface area contributed by atoms with Gasteiger partial charge in [-0.1, -0.05) is 74.5 Å². The summed E-state index contributed by atoms with van der Waals surface area (Å²) in [5, 5.41) is 2.72. The third-order valence-electron chi connectivity index (χ3n) is 5.87. The van der Waals surface area contributed by atoms with Gasteiger partial charge in [0.2, 0.25) is 11.8 Å². The molecule has 2 aliphatic rings. The Balaban J connectivity index is 1.66. The lowest BCUT2D eigenvalue weighted by Crippen LogP contribution is -2.39. The van der Waals surface area contributed by atoms with Crippen molar-refractivity contribution < 1.29 is 9.53 Å². The Bertz CT molecular complexity index is 829. The third-order valence-corrected chi connectivity index (χ3v) is 8.68. The van der Waals surface area contributed by atoms with Crippen molar-refractivity contribution in [3.63, 3.8) is 0 Å². The SMILES string of the molecule is CC(=O)N1C[C@@H](P(c2ccccc2)c2ccccc2)C[C@H]1C1=N[C@@H](C(C)C)CO1. The molecule has 0 unspecified atom stereocenters. The van der Waals surface area contributed by atoms with E-state index in [9.17, 15) is 4.79 Å².